The zero-order chi connectivity index (χ0) is 20.3. The van der Waals surface area contributed by atoms with Crippen molar-refractivity contribution >= 4 is 27.3 Å². The maximum Gasteiger partial charge on any atom is 0.253 e. The normalized spacial score (nSPS) is 16.9. The van der Waals surface area contributed by atoms with Gasteiger partial charge < -0.3 is 5.32 Å². The Kier molecular flexibility index (Phi) is 5.75. The number of fused-ring (bicyclic) bond motifs is 1. The summed E-state index contributed by atoms with van der Waals surface area (Å²) in [6.07, 6.45) is 2.66. The molecule has 0 saturated heterocycles. The van der Waals surface area contributed by atoms with E-state index in [1.54, 1.807) is 23.7 Å². The van der Waals surface area contributed by atoms with Gasteiger partial charge in [-0.05, 0) is 41.1 Å². The fourth-order valence-corrected chi connectivity index (χ4v) is 6.16. The summed E-state index contributed by atoms with van der Waals surface area (Å²) < 4.78 is 28.0. The molecule has 1 aromatic carbocycles. The van der Waals surface area contributed by atoms with Crippen LogP contribution in [0, 0.1) is 0 Å². The van der Waals surface area contributed by atoms with Crippen LogP contribution >= 0.6 is 11.3 Å². The Bertz CT molecular complexity index is 1080. The highest BCUT2D eigenvalue weighted by Gasteiger charge is 2.39. The summed E-state index contributed by atoms with van der Waals surface area (Å²) in [6, 6.07) is 15.8. The predicted octanol–water partition coefficient (Wildman–Crippen LogP) is 2.62. The van der Waals surface area contributed by atoms with Gasteiger partial charge in [-0.25, -0.2) is 8.42 Å². The number of rotatable bonds is 6. The van der Waals surface area contributed by atoms with Crippen LogP contribution < -0.4 is 5.32 Å². The molecule has 0 radical (unpaired) electrons. The highest BCUT2D eigenvalue weighted by atomic mass is 32.2. The van der Waals surface area contributed by atoms with Crippen molar-refractivity contribution in [2.24, 2.45) is 0 Å². The van der Waals surface area contributed by atoms with E-state index in [2.05, 4.69) is 10.3 Å². The Balaban J connectivity index is 1.55. The molecule has 0 fully saturated rings. The smallest absolute Gasteiger partial charge is 0.253 e. The average molecular weight is 428 g/mol. The van der Waals surface area contributed by atoms with Crippen molar-refractivity contribution in [1.82, 2.24) is 14.6 Å². The van der Waals surface area contributed by atoms with Crippen molar-refractivity contribution in [3.05, 3.63) is 83.0 Å². The first-order valence-electron chi connectivity index (χ1n) is 9.35. The van der Waals surface area contributed by atoms with Crippen molar-refractivity contribution in [2.75, 3.05) is 6.54 Å². The third-order valence-corrected chi connectivity index (χ3v) is 8.20. The molecule has 4 rings (SSSR count). The number of pyridine rings is 1. The molecule has 1 aliphatic rings. The summed E-state index contributed by atoms with van der Waals surface area (Å²) in [4.78, 5) is 17.2. The third kappa shape index (κ3) is 4.24. The Morgan fingerprint density at radius 1 is 1.10 bits per heavy atom. The van der Waals surface area contributed by atoms with Gasteiger partial charge in [0.25, 0.3) is 10.0 Å². The summed E-state index contributed by atoms with van der Waals surface area (Å²) in [5.41, 5.74) is 2.82. The van der Waals surface area contributed by atoms with Gasteiger partial charge in [-0.1, -0.05) is 36.4 Å². The number of nitrogens with zero attached hydrogens (tertiary/aromatic N) is 2. The molecule has 3 heterocycles. The molecule has 1 amide bonds. The zero-order valence-corrected chi connectivity index (χ0v) is 17.3. The van der Waals surface area contributed by atoms with Crippen LogP contribution in [0.2, 0.25) is 0 Å². The molecule has 150 valence electrons. The number of hydrogen-bond acceptors (Lipinski definition) is 5. The van der Waals surface area contributed by atoms with Gasteiger partial charge in [0, 0.05) is 31.4 Å². The van der Waals surface area contributed by atoms with Gasteiger partial charge in [-0.3, -0.25) is 9.78 Å². The van der Waals surface area contributed by atoms with Crippen molar-refractivity contribution in [1.29, 1.82) is 0 Å². The lowest BCUT2D eigenvalue weighted by Gasteiger charge is -2.34. The highest BCUT2D eigenvalue weighted by Crippen LogP contribution is 2.30. The van der Waals surface area contributed by atoms with Gasteiger partial charge in [-0.15, -0.1) is 11.3 Å². The van der Waals surface area contributed by atoms with E-state index in [4.69, 9.17) is 0 Å². The Morgan fingerprint density at radius 2 is 1.90 bits per heavy atom. The van der Waals surface area contributed by atoms with Crippen molar-refractivity contribution < 1.29 is 13.2 Å². The topological polar surface area (TPSA) is 79.4 Å². The SMILES string of the molecule is O=C(NCCc1ccccn1)C1Cc2ccccc2CN1S(=O)(=O)c1cccs1. The van der Waals surface area contributed by atoms with E-state index < -0.39 is 16.1 Å². The molecule has 1 atom stereocenters. The largest absolute Gasteiger partial charge is 0.354 e. The van der Waals surface area contributed by atoms with Gasteiger partial charge >= 0.3 is 0 Å². The summed E-state index contributed by atoms with van der Waals surface area (Å²) in [5.74, 6) is -0.282. The first-order valence-corrected chi connectivity index (χ1v) is 11.7. The minimum absolute atomic E-state index is 0.189. The van der Waals surface area contributed by atoms with Gasteiger partial charge in [0.1, 0.15) is 10.3 Å². The minimum atomic E-state index is -3.75. The molecule has 6 nitrogen and oxygen atoms in total. The maximum atomic E-state index is 13.2. The number of benzene rings is 1. The van der Waals surface area contributed by atoms with Gasteiger partial charge in [0.05, 0.1) is 0 Å². The van der Waals surface area contributed by atoms with E-state index in [-0.39, 0.29) is 16.7 Å². The molecule has 8 heteroatoms. The highest BCUT2D eigenvalue weighted by molar-refractivity contribution is 7.91. The van der Waals surface area contributed by atoms with Crippen LogP contribution in [0.5, 0.6) is 0 Å². The van der Waals surface area contributed by atoms with Gasteiger partial charge in [0.2, 0.25) is 5.91 Å². The van der Waals surface area contributed by atoms with E-state index in [9.17, 15) is 13.2 Å². The number of carbonyl (C=O) groups excluding carboxylic acids is 1. The quantitative estimate of drug-likeness (QED) is 0.656. The predicted molar refractivity (Wildman–Crippen MR) is 112 cm³/mol. The Morgan fingerprint density at radius 3 is 2.62 bits per heavy atom. The van der Waals surface area contributed by atoms with Crippen molar-refractivity contribution in [3.8, 4) is 0 Å². The number of thiophene rings is 1. The molecule has 3 aromatic rings. The van der Waals surface area contributed by atoms with Crippen LogP contribution in [0.3, 0.4) is 0 Å². The van der Waals surface area contributed by atoms with Crippen LogP contribution in [0.4, 0.5) is 0 Å². The molecule has 0 bridgehead atoms. The molecule has 1 aliphatic heterocycles. The molecule has 0 saturated carbocycles. The molecule has 1 N–H and O–H groups in total. The van der Waals surface area contributed by atoms with E-state index in [0.29, 0.717) is 19.4 Å². The summed E-state index contributed by atoms with van der Waals surface area (Å²) in [6.45, 7) is 0.593. The Labute approximate surface area is 174 Å². The number of carbonyl (C=O) groups is 1. The molecule has 1 unspecified atom stereocenters. The number of aromatic nitrogens is 1. The molecular weight excluding hydrogens is 406 g/mol. The number of hydrogen-bond donors (Lipinski definition) is 1. The van der Waals surface area contributed by atoms with Crippen LogP contribution in [-0.4, -0.2) is 36.2 Å². The van der Waals surface area contributed by atoms with Crippen LogP contribution in [-0.2, 0) is 34.2 Å². The third-order valence-electron chi connectivity index (χ3n) is 4.97. The summed E-state index contributed by atoms with van der Waals surface area (Å²) >= 11 is 1.16. The second kappa shape index (κ2) is 8.44. The van der Waals surface area contributed by atoms with Crippen LogP contribution in [0.1, 0.15) is 16.8 Å². The standard InChI is InChI=1S/C21H21N3O3S2/c25-21(23-12-10-18-8-3-4-11-22-18)19-14-16-6-1-2-7-17(16)15-24(19)29(26,27)20-9-5-13-28-20/h1-9,11,13,19H,10,12,14-15H2,(H,23,25). The second-order valence-electron chi connectivity index (χ2n) is 6.83. The number of nitrogens with one attached hydrogen (secondary N) is 1. The van der Waals surface area contributed by atoms with Crippen LogP contribution in [0.25, 0.3) is 0 Å². The van der Waals surface area contributed by atoms with Crippen molar-refractivity contribution in [3.63, 3.8) is 0 Å². The first-order chi connectivity index (χ1) is 14.1. The number of sulfonamides is 1. The summed E-state index contributed by atoms with van der Waals surface area (Å²) in [5, 5.41) is 4.63. The lowest BCUT2D eigenvalue weighted by Crippen LogP contribution is -2.52. The molecule has 0 aliphatic carbocycles. The lowest BCUT2D eigenvalue weighted by atomic mass is 9.95. The average Bonchev–Trinajstić information content (AvgIpc) is 3.29. The molecule has 29 heavy (non-hydrogen) atoms. The Hall–Kier alpha value is -2.55. The fraction of sp³-hybridized carbons (Fsp3) is 0.238. The lowest BCUT2D eigenvalue weighted by molar-refractivity contribution is -0.125. The minimum Gasteiger partial charge on any atom is -0.354 e. The maximum absolute atomic E-state index is 13.2. The molecule has 2 aromatic heterocycles. The summed E-state index contributed by atoms with van der Waals surface area (Å²) in [7, 11) is -3.75. The van der Waals surface area contributed by atoms with E-state index >= 15 is 0 Å². The van der Waals surface area contributed by atoms with Crippen molar-refractivity contribution in [2.45, 2.75) is 29.6 Å². The zero-order valence-electron chi connectivity index (χ0n) is 15.7. The van der Waals surface area contributed by atoms with Gasteiger partial charge in [-0.2, -0.15) is 4.31 Å². The molecule has 0 spiro atoms. The van der Waals surface area contributed by atoms with E-state index in [1.165, 1.54) is 4.31 Å². The first kappa shape index (κ1) is 19.8. The van der Waals surface area contributed by atoms with Gasteiger partial charge in [0.15, 0.2) is 0 Å². The fourth-order valence-electron chi connectivity index (χ4n) is 3.48. The number of amides is 1. The van der Waals surface area contributed by atoms with Crippen LogP contribution in [0.15, 0.2) is 70.4 Å². The second-order valence-corrected chi connectivity index (χ2v) is 9.90. The molecular formula is C21H21N3O3S2. The monoisotopic (exact) mass is 427 g/mol. The van der Waals surface area contributed by atoms with E-state index in [0.717, 1.165) is 28.2 Å². The van der Waals surface area contributed by atoms with E-state index in [1.807, 2.05) is 42.5 Å².